The van der Waals surface area contributed by atoms with Crippen molar-refractivity contribution in [1.82, 2.24) is 4.98 Å². The molecule has 0 bridgehead atoms. The summed E-state index contributed by atoms with van der Waals surface area (Å²) in [6.07, 6.45) is 5.68. The van der Waals surface area contributed by atoms with Crippen molar-refractivity contribution in [3.63, 3.8) is 0 Å². The molecule has 0 amide bonds. The maximum Gasteiger partial charge on any atom is 0.181 e. The van der Waals surface area contributed by atoms with Crippen molar-refractivity contribution in [3.05, 3.63) is 41.9 Å². The van der Waals surface area contributed by atoms with Crippen LogP contribution in [0.2, 0.25) is 0 Å². The quantitative estimate of drug-likeness (QED) is 0.866. The van der Waals surface area contributed by atoms with E-state index >= 15 is 0 Å². The molecule has 1 saturated carbocycles. The van der Waals surface area contributed by atoms with Crippen molar-refractivity contribution >= 4 is 0 Å². The zero-order valence-electron chi connectivity index (χ0n) is 11.3. The largest absolute Gasteiger partial charge is 0.443 e. The third-order valence-electron chi connectivity index (χ3n) is 3.44. The molecule has 0 radical (unpaired) electrons. The lowest BCUT2D eigenvalue weighted by Crippen LogP contribution is -1.90. The molecule has 0 unspecified atom stereocenters. The van der Waals surface area contributed by atoms with Gasteiger partial charge in [-0.15, -0.1) is 0 Å². The van der Waals surface area contributed by atoms with Crippen molar-refractivity contribution < 1.29 is 9.52 Å². The van der Waals surface area contributed by atoms with E-state index in [1.165, 1.54) is 19.2 Å². The van der Waals surface area contributed by atoms with Crippen LogP contribution in [0.5, 0.6) is 0 Å². The first kappa shape index (κ1) is 13.0. The summed E-state index contributed by atoms with van der Waals surface area (Å²) in [6, 6.07) is 7.98. The summed E-state index contributed by atoms with van der Waals surface area (Å²) in [5.74, 6) is 7.61. The SMILES string of the molecule is OCCC#Cc1ccc(-c2ocnc2CC2CC2)cc1. The smallest absolute Gasteiger partial charge is 0.181 e. The first-order valence-corrected chi connectivity index (χ1v) is 6.99. The number of rotatable bonds is 4. The lowest BCUT2D eigenvalue weighted by atomic mass is 10.1. The van der Waals surface area contributed by atoms with Gasteiger partial charge in [0.15, 0.2) is 12.2 Å². The number of nitrogens with zero attached hydrogens (tertiary/aromatic N) is 1. The van der Waals surface area contributed by atoms with E-state index in [9.17, 15) is 0 Å². The number of oxazole rings is 1. The Morgan fingerprint density at radius 1 is 1.25 bits per heavy atom. The van der Waals surface area contributed by atoms with Crippen LogP contribution in [-0.2, 0) is 6.42 Å². The van der Waals surface area contributed by atoms with Gasteiger partial charge in [0.2, 0.25) is 0 Å². The average molecular weight is 267 g/mol. The Balaban J connectivity index is 1.77. The highest BCUT2D eigenvalue weighted by Crippen LogP contribution is 2.35. The zero-order valence-corrected chi connectivity index (χ0v) is 11.3. The Morgan fingerprint density at radius 2 is 2.05 bits per heavy atom. The molecule has 0 atom stereocenters. The minimum Gasteiger partial charge on any atom is -0.443 e. The van der Waals surface area contributed by atoms with Gasteiger partial charge in [-0.05, 0) is 49.4 Å². The van der Waals surface area contributed by atoms with Gasteiger partial charge >= 0.3 is 0 Å². The highest BCUT2D eigenvalue weighted by Gasteiger charge is 2.24. The van der Waals surface area contributed by atoms with Crippen molar-refractivity contribution in [2.24, 2.45) is 5.92 Å². The second kappa shape index (κ2) is 5.94. The molecule has 0 saturated heterocycles. The van der Waals surface area contributed by atoms with Crippen LogP contribution in [0.1, 0.15) is 30.5 Å². The van der Waals surface area contributed by atoms with Gasteiger partial charge in [0.05, 0.1) is 12.3 Å². The van der Waals surface area contributed by atoms with E-state index in [1.54, 1.807) is 0 Å². The molecule has 1 aliphatic rings. The van der Waals surface area contributed by atoms with Crippen molar-refractivity contribution in [1.29, 1.82) is 0 Å². The predicted molar refractivity (Wildman–Crippen MR) is 76.9 cm³/mol. The highest BCUT2D eigenvalue weighted by atomic mass is 16.3. The Hall–Kier alpha value is -2.05. The first-order chi connectivity index (χ1) is 9.86. The fourth-order valence-electron chi connectivity index (χ4n) is 2.17. The van der Waals surface area contributed by atoms with Crippen molar-refractivity contribution in [2.75, 3.05) is 6.61 Å². The number of hydrogen-bond donors (Lipinski definition) is 1. The van der Waals surface area contributed by atoms with Gasteiger partial charge in [-0.25, -0.2) is 4.98 Å². The molecule has 1 aromatic carbocycles. The van der Waals surface area contributed by atoms with Crippen LogP contribution < -0.4 is 0 Å². The topological polar surface area (TPSA) is 46.3 Å². The van der Waals surface area contributed by atoms with E-state index in [-0.39, 0.29) is 6.61 Å². The molecular formula is C17H17NO2. The molecule has 1 aromatic heterocycles. The monoisotopic (exact) mass is 267 g/mol. The highest BCUT2D eigenvalue weighted by molar-refractivity contribution is 5.61. The lowest BCUT2D eigenvalue weighted by Gasteiger charge is -2.00. The number of aromatic nitrogens is 1. The molecule has 3 nitrogen and oxygen atoms in total. The molecular weight excluding hydrogens is 250 g/mol. The van der Waals surface area contributed by atoms with Gasteiger partial charge in [0.1, 0.15) is 0 Å². The van der Waals surface area contributed by atoms with Crippen LogP contribution in [0.25, 0.3) is 11.3 Å². The van der Waals surface area contributed by atoms with Gasteiger partial charge in [-0.3, -0.25) is 0 Å². The normalized spacial score (nSPS) is 13.8. The summed E-state index contributed by atoms with van der Waals surface area (Å²) in [5, 5.41) is 8.70. The second-order valence-corrected chi connectivity index (χ2v) is 5.13. The third kappa shape index (κ3) is 3.09. The van der Waals surface area contributed by atoms with E-state index < -0.39 is 0 Å². The molecule has 2 aromatic rings. The van der Waals surface area contributed by atoms with Crippen molar-refractivity contribution in [2.45, 2.75) is 25.7 Å². The van der Waals surface area contributed by atoms with Crippen LogP contribution in [0.15, 0.2) is 35.1 Å². The molecule has 102 valence electrons. The van der Waals surface area contributed by atoms with E-state index in [4.69, 9.17) is 9.52 Å². The minimum absolute atomic E-state index is 0.105. The molecule has 1 heterocycles. The third-order valence-corrected chi connectivity index (χ3v) is 3.44. The zero-order chi connectivity index (χ0) is 13.8. The lowest BCUT2D eigenvalue weighted by molar-refractivity contribution is 0.305. The van der Waals surface area contributed by atoms with Crippen LogP contribution >= 0.6 is 0 Å². The number of benzene rings is 1. The molecule has 0 aliphatic heterocycles. The van der Waals surface area contributed by atoms with Crippen LogP contribution in [0, 0.1) is 17.8 Å². The summed E-state index contributed by atoms with van der Waals surface area (Å²) in [4.78, 5) is 4.33. The maximum atomic E-state index is 8.70. The molecule has 20 heavy (non-hydrogen) atoms. The number of hydrogen-bond acceptors (Lipinski definition) is 3. The Kier molecular flexibility index (Phi) is 3.85. The summed E-state index contributed by atoms with van der Waals surface area (Å²) in [5.41, 5.74) is 3.06. The standard InChI is InChI=1S/C17H17NO2/c19-10-2-1-3-13-6-8-15(9-7-13)17-16(18-12-20-17)11-14-4-5-14/h6-9,12,14,19H,2,4-5,10-11H2. The summed E-state index contributed by atoms with van der Waals surface area (Å²) >= 11 is 0. The van der Waals surface area contributed by atoms with Crippen LogP contribution in [0.4, 0.5) is 0 Å². The number of aliphatic hydroxyl groups is 1. The van der Waals surface area contributed by atoms with Crippen LogP contribution in [-0.4, -0.2) is 16.7 Å². The van der Waals surface area contributed by atoms with Gasteiger partial charge in [-0.1, -0.05) is 11.8 Å². The Labute approximate surface area is 118 Å². The van der Waals surface area contributed by atoms with E-state index in [2.05, 4.69) is 16.8 Å². The van der Waals surface area contributed by atoms with E-state index in [0.717, 1.165) is 34.9 Å². The van der Waals surface area contributed by atoms with E-state index in [0.29, 0.717) is 6.42 Å². The molecule has 1 fully saturated rings. The number of aliphatic hydroxyl groups excluding tert-OH is 1. The minimum atomic E-state index is 0.105. The average Bonchev–Trinajstić information content (AvgIpc) is 3.16. The predicted octanol–water partition coefficient (Wildman–Crippen LogP) is 3.03. The van der Waals surface area contributed by atoms with Gasteiger partial charge in [0, 0.05) is 17.5 Å². The summed E-state index contributed by atoms with van der Waals surface area (Å²) in [7, 11) is 0. The second-order valence-electron chi connectivity index (χ2n) is 5.13. The molecule has 1 aliphatic carbocycles. The first-order valence-electron chi connectivity index (χ1n) is 6.99. The summed E-state index contributed by atoms with van der Waals surface area (Å²) in [6.45, 7) is 0.105. The fourth-order valence-corrected chi connectivity index (χ4v) is 2.17. The van der Waals surface area contributed by atoms with E-state index in [1.807, 2.05) is 24.3 Å². The molecule has 1 N–H and O–H groups in total. The van der Waals surface area contributed by atoms with Gasteiger partial charge in [0.25, 0.3) is 0 Å². The maximum absolute atomic E-state index is 8.70. The van der Waals surface area contributed by atoms with Gasteiger partial charge < -0.3 is 9.52 Å². The fraction of sp³-hybridized carbons (Fsp3) is 0.353. The molecule has 3 heteroatoms. The van der Waals surface area contributed by atoms with Crippen molar-refractivity contribution in [3.8, 4) is 23.2 Å². The Bertz CT molecular complexity index is 627. The Morgan fingerprint density at radius 3 is 2.75 bits per heavy atom. The van der Waals surface area contributed by atoms with Gasteiger partial charge in [-0.2, -0.15) is 0 Å². The molecule has 0 spiro atoms. The summed E-state index contributed by atoms with van der Waals surface area (Å²) < 4.78 is 5.54. The van der Waals surface area contributed by atoms with Crippen LogP contribution in [0.3, 0.4) is 0 Å². The molecule has 3 rings (SSSR count).